The van der Waals surface area contributed by atoms with Crippen LogP contribution in [0.4, 0.5) is 5.69 Å². The van der Waals surface area contributed by atoms with E-state index in [9.17, 15) is 9.59 Å². The van der Waals surface area contributed by atoms with Crippen molar-refractivity contribution in [3.8, 4) is 5.75 Å². The van der Waals surface area contributed by atoms with E-state index >= 15 is 0 Å². The summed E-state index contributed by atoms with van der Waals surface area (Å²) in [7, 11) is 0. The van der Waals surface area contributed by atoms with Crippen LogP contribution in [0.3, 0.4) is 0 Å². The third-order valence-electron chi connectivity index (χ3n) is 3.84. The number of hydrogen-bond acceptors (Lipinski definition) is 5. The Kier molecular flexibility index (Phi) is 3.72. The number of hydrogen-bond donors (Lipinski definition) is 3. The van der Waals surface area contributed by atoms with Crippen molar-refractivity contribution < 1.29 is 14.3 Å². The van der Waals surface area contributed by atoms with Crippen LogP contribution in [0.1, 0.15) is 40.8 Å². The maximum absolute atomic E-state index is 12.5. The summed E-state index contributed by atoms with van der Waals surface area (Å²) in [4.78, 5) is 28.4. The highest BCUT2D eigenvalue weighted by molar-refractivity contribution is 9.10. The Hall–Kier alpha value is -2.42. The van der Waals surface area contributed by atoms with Crippen molar-refractivity contribution in [2.24, 2.45) is 0 Å². The number of carbonyl (C=O) groups is 2. The van der Waals surface area contributed by atoms with Crippen LogP contribution in [0.15, 0.2) is 16.6 Å². The minimum atomic E-state index is -0.331. The summed E-state index contributed by atoms with van der Waals surface area (Å²) in [6.45, 7) is 0.168. The highest BCUT2D eigenvalue weighted by Crippen LogP contribution is 2.38. The Labute approximate surface area is 145 Å². The van der Waals surface area contributed by atoms with E-state index in [0.29, 0.717) is 33.2 Å². The summed E-state index contributed by atoms with van der Waals surface area (Å²) in [5.74, 6) is 1.71. The summed E-state index contributed by atoms with van der Waals surface area (Å²) in [6.07, 6.45) is 2.24. The van der Waals surface area contributed by atoms with Crippen LogP contribution in [-0.4, -0.2) is 33.6 Å². The second-order valence-corrected chi connectivity index (χ2v) is 6.68. The number of ether oxygens (including phenoxy) is 1. The molecule has 1 fully saturated rings. The van der Waals surface area contributed by atoms with Gasteiger partial charge in [-0.25, -0.2) is 4.98 Å². The van der Waals surface area contributed by atoms with Crippen molar-refractivity contribution in [2.75, 3.05) is 11.9 Å². The zero-order chi connectivity index (χ0) is 16.7. The zero-order valence-corrected chi connectivity index (χ0v) is 14.1. The van der Waals surface area contributed by atoms with Crippen LogP contribution in [0.25, 0.3) is 0 Å². The average molecular weight is 392 g/mol. The molecule has 1 aliphatic heterocycles. The zero-order valence-electron chi connectivity index (χ0n) is 12.6. The summed E-state index contributed by atoms with van der Waals surface area (Å²) in [5.41, 5.74) is 0.706. The van der Waals surface area contributed by atoms with Gasteiger partial charge in [0.1, 0.15) is 11.6 Å². The first-order valence-electron chi connectivity index (χ1n) is 7.55. The van der Waals surface area contributed by atoms with Crippen molar-refractivity contribution >= 4 is 33.4 Å². The molecule has 1 aromatic carbocycles. The maximum atomic E-state index is 12.5. The molecule has 0 radical (unpaired) electrons. The number of carbonyl (C=O) groups excluding carboxylic acids is 2. The standard InChI is InChI=1S/C15H14BrN5O3/c16-8-3-9(13-10(4-8)24-6-12(22)19-13)15(23)17-5-11-18-14(21-20-11)7-1-2-7/h3-4,7H,1-2,5-6H2,(H,17,23)(H,19,22)(H,18,20,21). The molecule has 1 aliphatic carbocycles. The van der Waals surface area contributed by atoms with Crippen molar-refractivity contribution in [1.82, 2.24) is 20.5 Å². The average Bonchev–Trinajstić information content (AvgIpc) is 3.31. The van der Waals surface area contributed by atoms with Gasteiger partial charge in [0, 0.05) is 10.4 Å². The lowest BCUT2D eigenvalue weighted by molar-refractivity contribution is -0.118. The Morgan fingerprint density at radius 2 is 2.25 bits per heavy atom. The van der Waals surface area contributed by atoms with Crippen LogP contribution in [-0.2, 0) is 11.3 Å². The molecule has 4 rings (SSSR count). The van der Waals surface area contributed by atoms with E-state index in [1.807, 2.05) is 0 Å². The Balaban J connectivity index is 1.51. The van der Waals surface area contributed by atoms with E-state index in [2.05, 4.69) is 41.7 Å². The lowest BCUT2D eigenvalue weighted by Gasteiger charge is -2.20. The van der Waals surface area contributed by atoms with Gasteiger partial charge >= 0.3 is 0 Å². The Morgan fingerprint density at radius 3 is 3.04 bits per heavy atom. The number of H-pyrrole nitrogens is 1. The number of nitrogens with one attached hydrogen (secondary N) is 3. The molecule has 2 amide bonds. The largest absolute Gasteiger partial charge is 0.482 e. The molecule has 0 unspecified atom stereocenters. The minimum absolute atomic E-state index is 0.0630. The summed E-state index contributed by atoms with van der Waals surface area (Å²) < 4.78 is 6.05. The third-order valence-corrected chi connectivity index (χ3v) is 4.30. The van der Waals surface area contributed by atoms with Gasteiger partial charge in [-0.2, -0.15) is 5.10 Å². The molecule has 2 aliphatic rings. The van der Waals surface area contributed by atoms with Gasteiger partial charge in [0.25, 0.3) is 11.8 Å². The fraction of sp³-hybridized carbons (Fsp3) is 0.333. The molecule has 2 heterocycles. The van der Waals surface area contributed by atoms with Crippen molar-refractivity contribution in [3.05, 3.63) is 33.8 Å². The van der Waals surface area contributed by atoms with Gasteiger partial charge in [-0.15, -0.1) is 0 Å². The highest BCUT2D eigenvalue weighted by atomic mass is 79.9. The van der Waals surface area contributed by atoms with Gasteiger partial charge in [0.05, 0.1) is 17.8 Å². The number of rotatable bonds is 4. The Bertz CT molecular complexity index is 831. The lowest BCUT2D eigenvalue weighted by atomic mass is 10.1. The number of aromatic amines is 1. The molecule has 8 nitrogen and oxygen atoms in total. The molecule has 9 heteroatoms. The molecule has 0 spiro atoms. The van der Waals surface area contributed by atoms with Crippen LogP contribution in [0, 0.1) is 0 Å². The van der Waals surface area contributed by atoms with E-state index in [1.165, 1.54) is 0 Å². The first kappa shape index (κ1) is 15.1. The minimum Gasteiger partial charge on any atom is -0.482 e. The van der Waals surface area contributed by atoms with Crippen LogP contribution in [0.2, 0.25) is 0 Å². The first-order chi connectivity index (χ1) is 11.6. The topological polar surface area (TPSA) is 109 Å². The third kappa shape index (κ3) is 2.99. The first-order valence-corrected chi connectivity index (χ1v) is 8.35. The fourth-order valence-corrected chi connectivity index (χ4v) is 2.93. The van der Waals surface area contributed by atoms with Crippen molar-refractivity contribution in [3.63, 3.8) is 0 Å². The number of aromatic nitrogens is 3. The SMILES string of the molecule is O=C1COc2cc(Br)cc(C(=O)NCc3nc(C4CC4)n[nH]3)c2N1. The summed E-state index contributed by atoms with van der Waals surface area (Å²) in [5, 5.41) is 12.4. The fourth-order valence-electron chi connectivity index (χ4n) is 2.49. The number of nitrogens with zero attached hydrogens (tertiary/aromatic N) is 2. The van der Waals surface area contributed by atoms with Crippen molar-refractivity contribution in [2.45, 2.75) is 25.3 Å². The van der Waals surface area contributed by atoms with Gasteiger partial charge in [-0.05, 0) is 25.0 Å². The summed E-state index contributed by atoms with van der Waals surface area (Å²) in [6, 6.07) is 3.35. The monoisotopic (exact) mass is 391 g/mol. The second-order valence-electron chi connectivity index (χ2n) is 5.76. The molecule has 3 N–H and O–H groups in total. The number of anilines is 1. The molecule has 2 aromatic rings. The van der Waals surface area contributed by atoms with Gasteiger partial charge in [0.2, 0.25) is 0 Å². The molecule has 0 bridgehead atoms. The molecule has 124 valence electrons. The smallest absolute Gasteiger partial charge is 0.262 e. The van der Waals surface area contributed by atoms with E-state index in [-0.39, 0.29) is 25.0 Å². The Morgan fingerprint density at radius 1 is 1.42 bits per heavy atom. The maximum Gasteiger partial charge on any atom is 0.262 e. The molecule has 0 saturated heterocycles. The van der Waals surface area contributed by atoms with Gasteiger partial charge < -0.3 is 15.4 Å². The van der Waals surface area contributed by atoms with Gasteiger partial charge in [-0.1, -0.05) is 15.9 Å². The molecule has 0 atom stereocenters. The number of benzene rings is 1. The molecular weight excluding hydrogens is 378 g/mol. The van der Waals surface area contributed by atoms with Crippen LogP contribution in [0.5, 0.6) is 5.75 Å². The van der Waals surface area contributed by atoms with E-state index in [0.717, 1.165) is 18.7 Å². The van der Waals surface area contributed by atoms with E-state index in [4.69, 9.17) is 4.74 Å². The van der Waals surface area contributed by atoms with Crippen molar-refractivity contribution in [1.29, 1.82) is 0 Å². The normalized spacial score (nSPS) is 16.1. The predicted molar refractivity (Wildman–Crippen MR) is 87.8 cm³/mol. The van der Waals surface area contributed by atoms with E-state index in [1.54, 1.807) is 12.1 Å². The van der Waals surface area contributed by atoms with E-state index < -0.39 is 0 Å². The molecule has 1 aromatic heterocycles. The second kappa shape index (κ2) is 5.90. The van der Waals surface area contributed by atoms with Gasteiger partial charge in [-0.3, -0.25) is 14.7 Å². The summed E-state index contributed by atoms with van der Waals surface area (Å²) >= 11 is 3.35. The van der Waals surface area contributed by atoms with Gasteiger partial charge in [0.15, 0.2) is 12.4 Å². The van der Waals surface area contributed by atoms with Crippen LogP contribution >= 0.6 is 15.9 Å². The molecule has 24 heavy (non-hydrogen) atoms. The molecular formula is C15H14BrN5O3. The molecule has 1 saturated carbocycles. The number of amides is 2. The van der Waals surface area contributed by atoms with Crippen LogP contribution < -0.4 is 15.4 Å². The quantitative estimate of drug-likeness (QED) is 0.734. The number of halogens is 1. The highest BCUT2D eigenvalue weighted by Gasteiger charge is 2.28. The predicted octanol–water partition coefficient (Wildman–Crippen LogP) is 1.71. The lowest BCUT2D eigenvalue weighted by Crippen LogP contribution is -2.30. The number of fused-ring (bicyclic) bond motifs is 1.